The van der Waals surface area contributed by atoms with Crippen LogP contribution >= 0.6 is 0 Å². The largest absolute Gasteiger partial charge is 0.310 e. The molecular formula is C65H47N. The van der Waals surface area contributed by atoms with E-state index in [9.17, 15) is 0 Å². The first-order valence-corrected chi connectivity index (χ1v) is 23.1. The summed E-state index contributed by atoms with van der Waals surface area (Å²) in [5, 5.41) is 2.48. The minimum absolute atomic E-state index is 0.460. The zero-order valence-corrected chi connectivity index (χ0v) is 36.7. The van der Waals surface area contributed by atoms with Crippen molar-refractivity contribution in [2.75, 3.05) is 4.90 Å². The lowest BCUT2D eigenvalue weighted by molar-refractivity contribution is 0.751. The van der Waals surface area contributed by atoms with Crippen molar-refractivity contribution in [2.24, 2.45) is 0 Å². The highest BCUT2D eigenvalue weighted by Gasteiger charge is 2.47. The second kappa shape index (κ2) is 16.7. The van der Waals surface area contributed by atoms with E-state index in [4.69, 9.17) is 0 Å². The molecule has 1 heteroatoms. The van der Waals surface area contributed by atoms with E-state index in [1.54, 1.807) is 0 Å². The van der Waals surface area contributed by atoms with Gasteiger partial charge in [0, 0.05) is 17.1 Å². The van der Waals surface area contributed by atoms with Gasteiger partial charge < -0.3 is 4.90 Å². The second-order valence-corrected chi connectivity index (χ2v) is 17.5. The smallest absolute Gasteiger partial charge is 0.0711 e. The van der Waals surface area contributed by atoms with Crippen molar-refractivity contribution in [2.45, 2.75) is 18.3 Å². The summed E-state index contributed by atoms with van der Waals surface area (Å²) in [6.45, 7) is 0. The Kier molecular flexibility index (Phi) is 9.95. The number of nitrogens with zero attached hydrogens (tertiary/aromatic N) is 1. The summed E-state index contributed by atoms with van der Waals surface area (Å²) in [5.41, 5.74) is 20.4. The number of rotatable bonds is 9. The molecule has 0 radical (unpaired) electrons. The van der Waals surface area contributed by atoms with E-state index in [-0.39, 0.29) is 0 Å². The summed E-state index contributed by atoms with van der Waals surface area (Å²) in [4.78, 5) is 2.44. The number of hydrogen-bond donors (Lipinski definition) is 0. The number of anilines is 3. The molecule has 0 aromatic heterocycles. The fourth-order valence-corrected chi connectivity index (χ4v) is 10.7. The lowest BCUT2D eigenvalue weighted by Crippen LogP contribution is -2.29. The van der Waals surface area contributed by atoms with Crippen LogP contribution in [0.15, 0.2) is 266 Å². The molecule has 0 saturated heterocycles. The molecule has 1 unspecified atom stereocenters. The highest BCUT2D eigenvalue weighted by molar-refractivity contribution is 6.04. The number of allylic oxidation sites excluding steroid dienone is 4. The van der Waals surface area contributed by atoms with Gasteiger partial charge in [0.1, 0.15) is 0 Å². The fraction of sp³-hybridized carbons (Fsp3) is 0.0462. The van der Waals surface area contributed by atoms with Crippen LogP contribution < -0.4 is 4.90 Å². The van der Waals surface area contributed by atoms with Gasteiger partial charge in [0.2, 0.25) is 0 Å². The van der Waals surface area contributed by atoms with Crippen molar-refractivity contribution in [1.29, 1.82) is 0 Å². The first-order chi connectivity index (χ1) is 32.7. The summed E-state index contributed by atoms with van der Waals surface area (Å²) in [5.74, 6) is 0. The third-order valence-corrected chi connectivity index (χ3v) is 13.8. The maximum absolute atomic E-state index is 2.48. The molecule has 0 N–H and O–H groups in total. The number of fused-ring (bicyclic) bond motifs is 4. The van der Waals surface area contributed by atoms with Gasteiger partial charge in [-0.1, -0.05) is 224 Å². The van der Waals surface area contributed by atoms with E-state index in [1.165, 1.54) is 88.7 Å². The van der Waals surface area contributed by atoms with Crippen LogP contribution in [0, 0.1) is 0 Å². The van der Waals surface area contributed by atoms with Crippen molar-refractivity contribution in [3.63, 3.8) is 0 Å². The molecule has 312 valence electrons. The van der Waals surface area contributed by atoms with Gasteiger partial charge in [-0.05, 0) is 138 Å². The standard InChI is InChI=1S/C65H47N/c1-5-17-46(18-6-1)48-29-31-52(32-30-48)64-58-26-14-13-21-50(58)37-43-59(64)51-35-40-56(41-36-51)66(55-38-33-49(34-39-55)47-19-7-2-8-20-47)57-42-44-61-60-27-15-16-28-62(60)65(63(61)45-57,53-22-9-3-10-23-53)54-24-11-4-12-25-54/h1-3,5-11,13-45H,4,12H2. The molecule has 1 atom stereocenters. The number of hydrogen-bond acceptors (Lipinski definition) is 1. The van der Waals surface area contributed by atoms with Crippen LogP contribution in [0.1, 0.15) is 29.5 Å². The van der Waals surface area contributed by atoms with E-state index in [1.807, 2.05) is 0 Å². The zero-order valence-electron chi connectivity index (χ0n) is 36.7. The van der Waals surface area contributed by atoms with Crippen molar-refractivity contribution in [1.82, 2.24) is 0 Å². The zero-order chi connectivity index (χ0) is 43.9. The van der Waals surface area contributed by atoms with Gasteiger partial charge in [-0.15, -0.1) is 0 Å². The predicted molar refractivity (Wildman–Crippen MR) is 279 cm³/mol. The molecule has 1 nitrogen and oxygen atoms in total. The summed E-state index contributed by atoms with van der Waals surface area (Å²) < 4.78 is 0. The molecule has 0 spiro atoms. The fourth-order valence-electron chi connectivity index (χ4n) is 10.7. The lowest BCUT2D eigenvalue weighted by atomic mass is 9.66. The molecule has 12 rings (SSSR count). The van der Waals surface area contributed by atoms with E-state index < -0.39 is 5.41 Å². The monoisotopic (exact) mass is 841 g/mol. The highest BCUT2D eigenvalue weighted by atomic mass is 15.1. The van der Waals surface area contributed by atoms with E-state index in [0.717, 1.165) is 29.9 Å². The highest BCUT2D eigenvalue weighted by Crippen LogP contribution is 2.58. The molecule has 10 aromatic rings. The average molecular weight is 842 g/mol. The molecule has 2 aliphatic rings. The van der Waals surface area contributed by atoms with Crippen LogP contribution in [0.4, 0.5) is 17.1 Å². The molecule has 0 aliphatic heterocycles. The SMILES string of the molecule is C1=CC(C2(c3ccccc3)c3ccccc3-c3ccc(N(c4ccc(-c5ccccc5)cc4)c4ccc(-c5ccc6ccccc6c5-c5ccc(-c6ccccc6)cc5)cc4)cc32)=CCC1. The quantitative estimate of drug-likeness (QED) is 0.140. The van der Waals surface area contributed by atoms with Gasteiger partial charge in [0.15, 0.2) is 0 Å². The van der Waals surface area contributed by atoms with Gasteiger partial charge in [-0.3, -0.25) is 0 Å². The molecule has 66 heavy (non-hydrogen) atoms. The minimum atomic E-state index is -0.460. The summed E-state index contributed by atoms with van der Waals surface area (Å²) in [6, 6.07) is 89.3. The van der Waals surface area contributed by atoms with Crippen molar-refractivity contribution < 1.29 is 0 Å². The van der Waals surface area contributed by atoms with Crippen molar-refractivity contribution in [3.8, 4) is 55.6 Å². The van der Waals surface area contributed by atoms with Crippen molar-refractivity contribution in [3.05, 3.63) is 283 Å². The Morgan fingerprint density at radius 1 is 0.348 bits per heavy atom. The molecule has 0 heterocycles. The van der Waals surface area contributed by atoms with E-state index in [2.05, 4.69) is 266 Å². The van der Waals surface area contributed by atoms with Crippen LogP contribution in [-0.2, 0) is 5.41 Å². The molecular weight excluding hydrogens is 795 g/mol. The Labute approximate surface area is 387 Å². The third-order valence-electron chi connectivity index (χ3n) is 13.8. The van der Waals surface area contributed by atoms with Crippen LogP contribution in [0.2, 0.25) is 0 Å². The Morgan fingerprint density at radius 3 is 1.53 bits per heavy atom. The van der Waals surface area contributed by atoms with Crippen LogP contribution in [0.3, 0.4) is 0 Å². The molecule has 0 bridgehead atoms. The Morgan fingerprint density at radius 2 is 0.864 bits per heavy atom. The molecule has 0 amide bonds. The Balaban J connectivity index is 1.01. The van der Waals surface area contributed by atoms with Gasteiger partial charge >= 0.3 is 0 Å². The normalized spacial score (nSPS) is 14.9. The first-order valence-electron chi connectivity index (χ1n) is 23.1. The first kappa shape index (κ1) is 39.3. The van der Waals surface area contributed by atoms with Gasteiger partial charge in [-0.2, -0.15) is 0 Å². The molecule has 10 aromatic carbocycles. The van der Waals surface area contributed by atoms with Gasteiger partial charge in [0.25, 0.3) is 0 Å². The average Bonchev–Trinajstić information content (AvgIpc) is 3.70. The molecule has 0 saturated carbocycles. The number of benzene rings is 10. The van der Waals surface area contributed by atoms with Crippen LogP contribution in [-0.4, -0.2) is 0 Å². The Bertz CT molecular complexity index is 3420. The topological polar surface area (TPSA) is 3.24 Å². The summed E-state index contributed by atoms with van der Waals surface area (Å²) in [6.07, 6.45) is 9.30. The third kappa shape index (κ3) is 6.71. The van der Waals surface area contributed by atoms with Crippen molar-refractivity contribution >= 4 is 27.8 Å². The Hall–Kier alpha value is -8.26. The maximum Gasteiger partial charge on any atom is 0.0711 e. The van der Waals surface area contributed by atoms with E-state index >= 15 is 0 Å². The molecule has 2 aliphatic carbocycles. The second-order valence-electron chi connectivity index (χ2n) is 17.5. The summed E-state index contributed by atoms with van der Waals surface area (Å²) >= 11 is 0. The van der Waals surface area contributed by atoms with Crippen LogP contribution in [0.5, 0.6) is 0 Å². The summed E-state index contributed by atoms with van der Waals surface area (Å²) in [7, 11) is 0. The maximum atomic E-state index is 2.48. The van der Waals surface area contributed by atoms with E-state index in [0.29, 0.717) is 0 Å². The lowest BCUT2D eigenvalue weighted by Gasteiger charge is -2.36. The minimum Gasteiger partial charge on any atom is -0.310 e. The molecule has 0 fully saturated rings. The predicted octanol–water partition coefficient (Wildman–Crippen LogP) is 17.6. The van der Waals surface area contributed by atoms with Crippen LogP contribution in [0.25, 0.3) is 66.4 Å². The van der Waals surface area contributed by atoms with Gasteiger partial charge in [-0.25, -0.2) is 0 Å². The van der Waals surface area contributed by atoms with Gasteiger partial charge in [0.05, 0.1) is 5.41 Å².